The van der Waals surface area contributed by atoms with Crippen LogP contribution in [0.2, 0.25) is 0 Å². The Kier molecular flexibility index (Phi) is 7.90. The Morgan fingerprint density at radius 3 is 1.79 bits per heavy atom. The van der Waals surface area contributed by atoms with Gasteiger partial charge in [0.15, 0.2) is 0 Å². The number of fused-ring (bicyclic) bond motifs is 9. The first-order valence-corrected chi connectivity index (χ1v) is 21.4. The summed E-state index contributed by atoms with van der Waals surface area (Å²) in [5.41, 5.74) is 16.3. The SMILES string of the molecule is C1=C(c2ccccc2)NC(c2cc(-c3ccccc3)cc3oc4cc(-n5c6ccccc6c6ccc(-c7ccc8c(c7)oc7ccccc78)cc65)ccc4c23)N=C1c1ccccc1. The van der Waals surface area contributed by atoms with E-state index in [9.17, 15) is 0 Å². The number of hydrogen-bond acceptors (Lipinski definition) is 4. The quantitative estimate of drug-likeness (QED) is 0.182. The summed E-state index contributed by atoms with van der Waals surface area (Å²) in [6.07, 6.45) is 1.77. The van der Waals surface area contributed by atoms with E-state index in [1.54, 1.807) is 0 Å². The van der Waals surface area contributed by atoms with Crippen molar-refractivity contribution in [1.82, 2.24) is 9.88 Å². The zero-order valence-electron chi connectivity index (χ0n) is 34.0. The third-order valence-electron chi connectivity index (χ3n) is 12.6. The van der Waals surface area contributed by atoms with Gasteiger partial charge in [-0.2, -0.15) is 0 Å². The predicted octanol–water partition coefficient (Wildman–Crippen LogP) is 15.0. The van der Waals surface area contributed by atoms with Crippen molar-refractivity contribution in [3.63, 3.8) is 0 Å². The Morgan fingerprint density at radius 2 is 0.984 bits per heavy atom. The van der Waals surface area contributed by atoms with Gasteiger partial charge in [0.1, 0.15) is 28.5 Å². The van der Waals surface area contributed by atoms with Gasteiger partial charge < -0.3 is 18.7 Å². The highest BCUT2D eigenvalue weighted by Gasteiger charge is 2.25. The topological polar surface area (TPSA) is 55.6 Å². The predicted molar refractivity (Wildman–Crippen MR) is 259 cm³/mol. The Hall–Kier alpha value is -8.41. The number of nitrogens with one attached hydrogen (secondary N) is 1. The van der Waals surface area contributed by atoms with Gasteiger partial charge in [0.2, 0.25) is 0 Å². The molecule has 1 aliphatic heterocycles. The van der Waals surface area contributed by atoms with Gasteiger partial charge in [-0.25, -0.2) is 0 Å². The summed E-state index contributed by atoms with van der Waals surface area (Å²) >= 11 is 0. The number of aromatic nitrogens is 1. The third-order valence-corrected chi connectivity index (χ3v) is 12.6. The normalized spacial score (nSPS) is 14.2. The second kappa shape index (κ2) is 14.1. The van der Waals surface area contributed by atoms with Crippen molar-refractivity contribution in [3.8, 4) is 27.9 Å². The van der Waals surface area contributed by atoms with E-state index in [4.69, 9.17) is 13.8 Å². The Balaban J connectivity index is 0.993. The van der Waals surface area contributed by atoms with Crippen molar-refractivity contribution >= 4 is 77.1 Å². The fraction of sp³-hybridized carbons (Fsp3) is 0.0172. The fourth-order valence-corrected chi connectivity index (χ4v) is 9.64. The Labute approximate surface area is 362 Å². The number of allylic oxidation sites excluding steroid dienone is 1. The van der Waals surface area contributed by atoms with Gasteiger partial charge in [-0.15, -0.1) is 0 Å². The highest BCUT2D eigenvalue weighted by molar-refractivity contribution is 6.15. The van der Waals surface area contributed by atoms with Crippen LogP contribution in [0.5, 0.6) is 0 Å². The molecule has 1 aliphatic rings. The largest absolute Gasteiger partial charge is 0.456 e. The molecule has 4 heterocycles. The zero-order chi connectivity index (χ0) is 41.4. The molecular formula is C58H37N3O2. The van der Waals surface area contributed by atoms with Crippen LogP contribution in [0, 0.1) is 0 Å². The molecule has 1 atom stereocenters. The van der Waals surface area contributed by atoms with Gasteiger partial charge in [-0.1, -0.05) is 146 Å². The number of nitrogens with zero attached hydrogens (tertiary/aromatic N) is 2. The molecular weight excluding hydrogens is 771 g/mol. The van der Waals surface area contributed by atoms with Crippen LogP contribution in [0.25, 0.3) is 99.3 Å². The Bertz CT molecular complexity index is 3820. The summed E-state index contributed by atoms with van der Waals surface area (Å²) in [6, 6.07) is 72.8. The number of benzene rings is 9. The Morgan fingerprint density at radius 1 is 0.397 bits per heavy atom. The lowest BCUT2D eigenvalue weighted by Gasteiger charge is -2.26. The first-order chi connectivity index (χ1) is 31.2. The van der Waals surface area contributed by atoms with Crippen LogP contribution in [0.1, 0.15) is 22.9 Å². The molecule has 5 nitrogen and oxygen atoms in total. The summed E-state index contributed by atoms with van der Waals surface area (Å²) in [5.74, 6) is 0. The van der Waals surface area contributed by atoms with E-state index in [2.05, 4.69) is 204 Å². The van der Waals surface area contributed by atoms with Crippen LogP contribution in [-0.4, -0.2) is 10.3 Å². The fourth-order valence-electron chi connectivity index (χ4n) is 9.64. The molecule has 0 saturated carbocycles. The molecule has 9 aromatic carbocycles. The summed E-state index contributed by atoms with van der Waals surface area (Å²) in [6.45, 7) is 0. The molecule has 0 amide bonds. The molecule has 5 heteroatoms. The summed E-state index contributed by atoms with van der Waals surface area (Å²) in [5, 5.41) is 10.6. The average Bonchev–Trinajstić information content (AvgIpc) is 4.03. The van der Waals surface area contributed by atoms with Gasteiger partial charge in [0, 0.05) is 55.3 Å². The van der Waals surface area contributed by atoms with Crippen LogP contribution in [0.15, 0.2) is 226 Å². The summed E-state index contributed by atoms with van der Waals surface area (Å²) < 4.78 is 15.7. The minimum atomic E-state index is -0.387. The van der Waals surface area contributed by atoms with Crippen LogP contribution in [-0.2, 0) is 0 Å². The minimum absolute atomic E-state index is 0.387. The van der Waals surface area contributed by atoms with Gasteiger partial charge in [-0.05, 0) is 94.1 Å². The summed E-state index contributed by atoms with van der Waals surface area (Å²) in [7, 11) is 0. The van der Waals surface area contributed by atoms with E-state index in [-0.39, 0.29) is 6.17 Å². The lowest BCUT2D eigenvalue weighted by atomic mass is 9.95. The highest BCUT2D eigenvalue weighted by Crippen LogP contribution is 2.42. The van der Waals surface area contributed by atoms with Crippen molar-refractivity contribution in [1.29, 1.82) is 0 Å². The molecule has 0 bridgehead atoms. The van der Waals surface area contributed by atoms with E-state index in [1.165, 1.54) is 10.8 Å². The van der Waals surface area contributed by atoms with Crippen LogP contribution in [0.3, 0.4) is 0 Å². The first kappa shape index (κ1) is 35.4. The van der Waals surface area contributed by atoms with Crippen LogP contribution >= 0.6 is 0 Å². The molecule has 1 N–H and O–H groups in total. The van der Waals surface area contributed by atoms with Crippen molar-refractivity contribution in [3.05, 3.63) is 229 Å². The zero-order valence-corrected chi connectivity index (χ0v) is 34.0. The molecule has 0 spiro atoms. The van der Waals surface area contributed by atoms with E-state index in [0.29, 0.717) is 0 Å². The maximum atomic E-state index is 6.98. The van der Waals surface area contributed by atoms with E-state index in [0.717, 1.165) is 111 Å². The molecule has 296 valence electrons. The molecule has 0 fully saturated rings. The van der Waals surface area contributed by atoms with Gasteiger partial charge >= 0.3 is 0 Å². The lowest BCUT2D eigenvalue weighted by molar-refractivity contribution is 0.658. The highest BCUT2D eigenvalue weighted by atomic mass is 16.3. The van der Waals surface area contributed by atoms with Crippen molar-refractivity contribution in [2.24, 2.45) is 4.99 Å². The second-order valence-corrected chi connectivity index (χ2v) is 16.3. The minimum Gasteiger partial charge on any atom is -0.456 e. The molecule has 3 aromatic heterocycles. The maximum absolute atomic E-state index is 6.98. The van der Waals surface area contributed by atoms with Gasteiger partial charge in [-0.3, -0.25) is 4.99 Å². The molecule has 0 saturated heterocycles. The van der Waals surface area contributed by atoms with Crippen molar-refractivity contribution < 1.29 is 8.83 Å². The van der Waals surface area contributed by atoms with Gasteiger partial charge in [0.25, 0.3) is 0 Å². The van der Waals surface area contributed by atoms with E-state index in [1.807, 2.05) is 18.2 Å². The van der Waals surface area contributed by atoms with E-state index >= 15 is 0 Å². The smallest absolute Gasteiger partial charge is 0.146 e. The second-order valence-electron chi connectivity index (χ2n) is 16.3. The molecule has 1 unspecified atom stereocenters. The monoisotopic (exact) mass is 807 g/mol. The number of para-hydroxylation sites is 2. The average molecular weight is 808 g/mol. The lowest BCUT2D eigenvalue weighted by Crippen LogP contribution is -2.25. The number of furan rings is 2. The third kappa shape index (κ3) is 5.82. The number of hydrogen-bond donors (Lipinski definition) is 1. The molecule has 0 radical (unpaired) electrons. The molecule has 63 heavy (non-hydrogen) atoms. The van der Waals surface area contributed by atoms with Gasteiger partial charge in [0.05, 0.1) is 16.7 Å². The van der Waals surface area contributed by atoms with Crippen molar-refractivity contribution in [2.75, 3.05) is 0 Å². The van der Waals surface area contributed by atoms with E-state index < -0.39 is 0 Å². The van der Waals surface area contributed by atoms with Crippen molar-refractivity contribution in [2.45, 2.75) is 6.17 Å². The van der Waals surface area contributed by atoms with Crippen LogP contribution in [0.4, 0.5) is 0 Å². The summed E-state index contributed by atoms with van der Waals surface area (Å²) in [4.78, 5) is 5.43. The maximum Gasteiger partial charge on any atom is 0.146 e. The molecule has 0 aliphatic carbocycles. The first-order valence-electron chi connectivity index (χ1n) is 21.4. The standard InChI is InChI=1S/C58H37N3O2/c1-4-14-36(15-5-1)41-30-48(58-59-49(37-16-6-2-7-17-37)35-50(60-58)38-18-8-3-9-19-38)57-47-29-26-42(34-55(47)63-56(57)33-41)61-51-22-12-10-20-43(51)44-27-24-39(31-52(44)61)40-25-28-46-45-21-11-13-23-53(45)62-54(46)32-40/h1-35,58-59H. The number of rotatable bonds is 6. The van der Waals surface area contributed by atoms with Crippen LogP contribution < -0.4 is 5.32 Å². The molecule has 12 aromatic rings. The number of aliphatic imine (C=N–C) groups is 1. The molecule has 13 rings (SSSR count).